The Morgan fingerprint density at radius 3 is 2.26 bits per heavy atom. The normalized spacial score (nSPS) is 11.9. The van der Waals surface area contributed by atoms with Crippen molar-refractivity contribution in [2.24, 2.45) is 5.92 Å². The van der Waals surface area contributed by atoms with Gasteiger partial charge >= 0.3 is 5.97 Å². The predicted octanol–water partition coefficient (Wildman–Crippen LogP) is 5.19. The summed E-state index contributed by atoms with van der Waals surface area (Å²) in [5.41, 5.74) is 1.92. The van der Waals surface area contributed by atoms with Crippen molar-refractivity contribution >= 4 is 35.1 Å². The van der Waals surface area contributed by atoms with E-state index in [0.717, 1.165) is 5.56 Å². The number of hydrogen-bond acceptors (Lipinski definition) is 3. The second-order valence-corrected chi connectivity index (χ2v) is 7.59. The lowest BCUT2D eigenvalue weighted by Gasteiger charge is -2.20. The standard InChI is InChI=1S/C21H23Cl2NO3/c1-13(2)11-19(24-20(25)15-8-5-4-7-14(15)3)21(26)27-12-16-17(22)9-6-10-18(16)23/h4-10,13,19H,11-12H2,1-3H3,(H,24,25)/t19-/m1/s1. The number of hydrogen-bond donors (Lipinski definition) is 1. The van der Waals surface area contributed by atoms with Crippen LogP contribution in [0.2, 0.25) is 10.0 Å². The molecule has 0 bridgehead atoms. The van der Waals surface area contributed by atoms with Crippen LogP contribution in [0.25, 0.3) is 0 Å². The molecule has 2 aromatic rings. The van der Waals surface area contributed by atoms with Crippen molar-refractivity contribution in [3.8, 4) is 0 Å². The van der Waals surface area contributed by atoms with Gasteiger partial charge in [-0.15, -0.1) is 0 Å². The van der Waals surface area contributed by atoms with Crippen molar-refractivity contribution < 1.29 is 14.3 Å². The molecular formula is C21H23Cl2NO3. The van der Waals surface area contributed by atoms with Crippen molar-refractivity contribution in [1.29, 1.82) is 0 Å². The lowest BCUT2D eigenvalue weighted by molar-refractivity contribution is -0.147. The molecule has 6 heteroatoms. The number of amides is 1. The van der Waals surface area contributed by atoms with E-state index in [1.165, 1.54) is 0 Å². The third-order valence-electron chi connectivity index (χ3n) is 4.11. The maximum atomic E-state index is 12.6. The van der Waals surface area contributed by atoms with Crippen LogP contribution >= 0.6 is 23.2 Å². The third kappa shape index (κ3) is 5.98. The molecule has 0 radical (unpaired) electrons. The molecule has 2 rings (SSSR count). The van der Waals surface area contributed by atoms with Crippen LogP contribution in [0.1, 0.15) is 41.8 Å². The first kappa shape index (κ1) is 21.3. The molecule has 4 nitrogen and oxygen atoms in total. The molecule has 0 spiro atoms. The minimum Gasteiger partial charge on any atom is -0.459 e. The number of esters is 1. The number of rotatable bonds is 7. The Morgan fingerprint density at radius 2 is 1.67 bits per heavy atom. The van der Waals surface area contributed by atoms with Crippen LogP contribution in [0.15, 0.2) is 42.5 Å². The summed E-state index contributed by atoms with van der Waals surface area (Å²) >= 11 is 12.2. The van der Waals surface area contributed by atoms with Crippen molar-refractivity contribution in [3.05, 3.63) is 69.2 Å². The molecule has 0 unspecified atom stereocenters. The van der Waals surface area contributed by atoms with Gasteiger partial charge in [0, 0.05) is 21.2 Å². The van der Waals surface area contributed by atoms with Crippen LogP contribution in [-0.2, 0) is 16.1 Å². The fourth-order valence-corrected chi connectivity index (χ4v) is 3.17. The number of halogens is 2. The van der Waals surface area contributed by atoms with Crippen LogP contribution in [-0.4, -0.2) is 17.9 Å². The zero-order valence-electron chi connectivity index (χ0n) is 15.6. The highest BCUT2D eigenvalue weighted by atomic mass is 35.5. The summed E-state index contributed by atoms with van der Waals surface area (Å²) in [4.78, 5) is 25.2. The Labute approximate surface area is 169 Å². The number of carbonyl (C=O) groups is 2. The van der Waals surface area contributed by atoms with Gasteiger partial charge in [-0.3, -0.25) is 4.79 Å². The first-order valence-corrected chi connectivity index (χ1v) is 9.51. The first-order valence-electron chi connectivity index (χ1n) is 8.75. The van der Waals surface area contributed by atoms with Crippen molar-refractivity contribution in [3.63, 3.8) is 0 Å². The van der Waals surface area contributed by atoms with Crippen molar-refractivity contribution in [2.75, 3.05) is 0 Å². The Bertz CT molecular complexity index is 801. The molecule has 0 aliphatic rings. The molecule has 0 heterocycles. The Hall–Kier alpha value is -2.04. The molecular weight excluding hydrogens is 385 g/mol. The first-order chi connectivity index (χ1) is 12.8. The summed E-state index contributed by atoms with van der Waals surface area (Å²) in [5.74, 6) is -0.614. The van der Waals surface area contributed by atoms with Gasteiger partial charge in [0.05, 0.1) is 0 Å². The zero-order chi connectivity index (χ0) is 20.0. The zero-order valence-corrected chi connectivity index (χ0v) is 17.1. The molecule has 0 aliphatic heterocycles. The summed E-state index contributed by atoms with van der Waals surface area (Å²) in [6.07, 6.45) is 0.465. The molecule has 1 amide bonds. The second kappa shape index (κ2) is 9.77. The van der Waals surface area contributed by atoms with E-state index in [-0.39, 0.29) is 18.4 Å². The van der Waals surface area contributed by atoms with Crippen LogP contribution < -0.4 is 5.32 Å². The lowest BCUT2D eigenvalue weighted by atomic mass is 10.0. The molecule has 1 N–H and O–H groups in total. The maximum Gasteiger partial charge on any atom is 0.328 e. The number of benzene rings is 2. The highest BCUT2D eigenvalue weighted by Gasteiger charge is 2.25. The van der Waals surface area contributed by atoms with E-state index in [2.05, 4.69) is 5.32 Å². The predicted molar refractivity (Wildman–Crippen MR) is 108 cm³/mol. The van der Waals surface area contributed by atoms with Gasteiger partial charge in [-0.2, -0.15) is 0 Å². The lowest BCUT2D eigenvalue weighted by Crippen LogP contribution is -2.42. The molecule has 0 aromatic heterocycles. The second-order valence-electron chi connectivity index (χ2n) is 6.78. The van der Waals surface area contributed by atoms with Crippen LogP contribution in [0.5, 0.6) is 0 Å². The van der Waals surface area contributed by atoms with E-state index in [9.17, 15) is 9.59 Å². The maximum absolute atomic E-state index is 12.6. The fraction of sp³-hybridized carbons (Fsp3) is 0.333. The summed E-state index contributed by atoms with van der Waals surface area (Å²) < 4.78 is 5.40. The summed E-state index contributed by atoms with van der Waals surface area (Å²) in [7, 11) is 0. The highest BCUT2D eigenvalue weighted by Crippen LogP contribution is 2.25. The van der Waals surface area contributed by atoms with E-state index >= 15 is 0 Å². The quantitative estimate of drug-likeness (QED) is 0.642. The van der Waals surface area contributed by atoms with Gasteiger partial charge in [0.2, 0.25) is 0 Å². The molecule has 0 saturated heterocycles. The van der Waals surface area contributed by atoms with Gasteiger partial charge in [-0.1, -0.05) is 61.3 Å². The highest BCUT2D eigenvalue weighted by molar-refractivity contribution is 6.35. The molecule has 144 valence electrons. The van der Waals surface area contributed by atoms with Crippen LogP contribution in [0.3, 0.4) is 0 Å². The van der Waals surface area contributed by atoms with E-state index in [1.54, 1.807) is 30.3 Å². The van der Waals surface area contributed by atoms with Crippen LogP contribution in [0.4, 0.5) is 0 Å². The smallest absolute Gasteiger partial charge is 0.328 e. The number of ether oxygens (including phenoxy) is 1. The van der Waals surface area contributed by atoms with Gasteiger partial charge in [0.15, 0.2) is 0 Å². The summed E-state index contributed by atoms with van der Waals surface area (Å²) in [5, 5.41) is 3.65. The molecule has 0 fully saturated rings. The topological polar surface area (TPSA) is 55.4 Å². The number of carbonyl (C=O) groups excluding carboxylic acids is 2. The third-order valence-corrected chi connectivity index (χ3v) is 4.82. The molecule has 27 heavy (non-hydrogen) atoms. The van der Waals surface area contributed by atoms with Crippen LogP contribution in [0, 0.1) is 12.8 Å². The Kier molecular flexibility index (Phi) is 7.69. The number of aryl methyl sites for hydroxylation is 1. The molecule has 0 saturated carbocycles. The minimum atomic E-state index is -0.752. The monoisotopic (exact) mass is 407 g/mol. The molecule has 1 atom stereocenters. The van der Waals surface area contributed by atoms with Gasteiger partial charge < -0.3 is 10.1 Å². The SMILES string of the molecule is Cc1ccccc1C(=O)N[C@H](CC(C)C)C(=O)OCc1c(Cl)cccc1Cl. The Balaban J connectivity index is 2.09. The minimum absolute atomic E-state index is 0.0494. The Morgan fingerprint density at radius 1 is 1.04 bits per heavy atom. The van der Waals surface area contributed by atoms with Gasteiger partial charge in [0.1, 0.15) is 12.6 Å². The van der Waals surface area contributed by atoms with Crippen molar-refractivity contribution in [1.82, 2.24) is 5.32 Å². The van der Waals surface area contributed by atoms with Gasteiger partial charge in [-0.25, -0.2) is 4.79 Å². The molecule has 0 aliphatic carbocycles. The average molecular weight is 408 g/mol. The summed E-state index contributed by atoms with van der Waals surface area (Å²) in [6.45, 7) is 5.76. The van der Waals surface area contributed by atoms with E-state index in [1.807, 2.05) is 32.9 Å². The van der Waals surface area contributed by atoms with Crippen molar-refractivity contribution in [2.45, 2.75) is 39.8 Å². The number of nitrogens with one attached hydrogen (secondary N) is 1. The molecule has 2 aromatic carbocycles. The largest absolute Gasteiger partial charge is 0.459 e. The van der Waals surface area contributed by atoms with E-state index in [4.69, 9.17) is 27.9 Å². The summed E-state index contributed by atoms with van der Waals surface area (Å²) in [6, 6.07) is 11.6. The average Bonchev–Trinajstić information content (AvgIpc) is 2.60. The van der Waals surface area contributed by atoms with Gasteiger partial charge in [-0.05, 0) is 43.0 Å². The fourth-order valence-electron chi connectivity index (χ4n) is 2.66. The van der Waals surface area contributed by atoms with E-state index in [0.29, 0.717) is 27.6 Å². The van der Waals surface area contributed by atoms with E-state index < -0.39 is 12.0 Å². The van der Waals surface area contributed by atoms with Gasteiger partial charge in [0.25, 0.3) is 5.91 Å².